The highest BCUT2D eigenvalue weighted by Gasteiger charge is 2.32. The molecule has 7 heteroatoms. The number of phenolic OH excluding ortho intramolecular Hbond substituents is 1. The number of phenols is 1. The maximum absolute atomic E-state index is 12.7. The molecule has 0 spiro atoms. The SMILES string of the molecule is CC(=Cc1ccccc1)/C=C1\SC(=S)N(CCC(=O)Nc2ccc(O)cc2)C1=O. The number of thioether (sulfide) groups is 1. The number of allylic oxidation sites excluding steroid dienone is 2. The van der Waals surface area contributed by atoms with E-state index in [4.69, 9.17) is 12.2 Å². The number of nitrogens with one attached hydrogen (secondary N) is 1. The van der Waals surface area contributed by atoms with E-state index in [0.717, 1.165) is 11.1 Å². The Bertz CT molecular complexity index is 983. The van der Waals surface area contributed by atoms with Gasteiger partial charge in [-0.25, -0.2) is 0 Å². The van der Waals surface area contributed by atoms with Crippen LogP contribution >= 0.6 is 24.0 Å². The first-order valence-corrected chi connectivity index (χ1v) is 10.2. The second-order valence-electron chi connectivity index (χ2n) is 6.48. The van der Waals surface area contributed by atoms with Crippen molar-refractivity contribution in [3.05, 3.63) is 76.7 Å². The van der Waals surface area contributed by atoms with Crippen molar-refractivity contribution in [3.63, 3.8) is 0 Å². The number of hydrogen-bond donors (Lipinski definition) is 2. The highest BCUT2D eigenvalue weighted by molar-refractivity contribution is 8.26. The topological polar surface area (TPSA) is 69.6 Å². The quantitative estimate of drug-likeness (QED) is 0.404. The highest BCUT2D eigenvalue weighted by Crippen LogP contribution is 2.32. The van der Waals surface area contributed by atoms with Gasteiger partial charge in [0.15, 0.2) is 0 Å². The molecule has 1 heterocycles. The molecule has 0 aromatic heterocycles. The summed E-state index contributed by atoms with van der Waals surface area (Å²) in [5.41, 5.74) is 2.59. The number of nitrogens with zero attached hydrogens (tertiary/aromatic N) is 1. The number of thiocarbonyl (C=S) groups is 1. The number of carbonyl (C=O) groups excluding carboxylic acids is 2. The fourth-order valence-corrected chi connectivity index (χ4v) is 4.09. The van der Waals surface area contributed by atoms with Crippen LogP contribution in [0.25, 0.3) is 6.08 Å². The van der Waals surface area contributed by atoms with Crippen molar-refractivity contribution in [2.75, 3.05) is 11.9 Å². The van der Waals surface area contributed by atoms with Gasteiger partial charge in [-0.1, -0.05) is 60.4 Å². The fourth-order valence-electron chi connectivity index (χ4n) is 2.73. The smallest absolute Gasteiger partial charge is 0.266 e. The second-order valence-corrected chi connectivity index (χ2v) is 8.15. The van der Waals surface area contributed by atoms with Crippen LogP contribution < -0.4 is 5.32 Å². The Morgan fingerprint density at radius 3 is 2.55 bits per heavy atom. The summed E-state index contributed by atoms with van der Waals surface area (Å²) in [6.07, 6.45) is 3.94. The molecule has 2 aromatic rings. The normalized spacial score (nSPS) is 15.8. The summed E-state index contributed by atoms with van der Waals surface area (Å²) >= 11 is 6.57. The average molecular weight is 425 g/mol. The van der Waals surface area contributed by atoms with Gasteiger partial charge in [0, 0.05) is 18.7 Å². The van der Waals surface area contributed by atoms with Gasteiger partial charge < -0.3 is 10.4 Å². The lowest BCUT2D eigenvalue weighted by molar-refractivity contribution is -0.122. The molecule has 2 N–H and O–H groups in total. The summed E-state index contributed by atoms with van der Waals surface area (Å²) in [5.74, 6) is -0.281. The van der Waals surface area contributed by atoms with Crippen molar-refractivity contribution in [2.45, 2.75) is 13.3 Å². The molecule has 0 bridgehead atoms. The summed E-state index contributed by atoms with van der Waals surface area (Å²) in [7, 11) is 0. The largest absolute Gasteiger partial charge is 0.508 e. The number of benzene rings is 2. The number of aromatic hydroxyl groups is 1. The van der Waals surface area contributed by atoms with Gasteiger partial charge in [-0.15, -0.1) is 0 Å². The first-order valence-electron chi connectivity index (χ1n) is 9.00. The minimum atomic E-state index is -0.228. The third kappa shape index (κ3) is 5.79. The zero-order chi connectivity index (χ0) is 20.8. The van der Waals surface area contributed by atoms with Crippen LogP contribution in [0.5, 0.6) is 5.75 Å². The van der Waals surface area contributed by atoms with E-state index in [1.54, 1.807) is 12.1 Å². The van der Waals surface area contributed by atoms with Gasteiger partial charge in [-0.3, -0.25) is 14.5 Å². The van der Waals surface area contributed by atoms with Gasteiger partial charge in [0.1, 0.15) is 10.1 Å². The average Bonchev–Trinajstić information content (AvgIpc) is 2.95. The summed E-state index contributed by atoms with van der Waals surface area (Å²) < 4.78 is 0.450. The van der Waals surface area contributed by atoms with Crippen LogP contribution in [0, 0.1) is 0 Å². The van der Waals surface area contributed by atoms with Crippen molar-refractivity contribution in [1.29, 1.82) is 0 Å². The van der Waals surface area contributed by atoms with Gasteiger partial charge in [0.25, 0.3) is 5.91 Å². The zero-order valence-electron chi connectivity index (χ0n) is 15.8. The molecule has 1 aliphatic rings. The molecule has 29 heavy (non-hydrogen) atoms. The van der Waals surface area contributed by atoms with Gasteiger partial charge >= 0.3 is 0 Å². The lowest BCUT2D eigenvalue weighted by Gasteiger charge is -2.14. The third-order valence-electron chi connectivity index (χ3n) is 4.14. The van der Waals surface area contributed by atoms with E-state index in [9.17, 15) is 14.7 Å². The number of rotatable bonds is 6. The lowest BCUT2D eigenvalue weighted by Crippen LogP contribution is -2.31. The van der Waals surface area contributed by atoms with E-state index in [1.807, 2.05) is 49.4 Å². The first kappa shape index (κ1) is 20.8. The Morgan fingerprint density at radius 2 is 1.86 bits per heavy atom. The van der Waals surface area contributed by atoms with Crippen molar-refractivity contribution >= 4 is 51.9 Å². The maximum Gasteiger partial charge on any atom is 0.266 e. The molecule has 2 aromatic carbocycles. The molecule has 5 nitrogen and oxygen atoms in total. The summed E-state index contributed by atoms with van der Waals surface area (Å²) in [6, 6.07) is 16.1. The van der Waals surface area contributed by atoms with E-state index >= 15 is 0 Å². The van der Waals surface area contributed by atoms with Crippen molar-refractivity contribution in [2.24, 2.45) is 0 Å². The molecule has 1 fully saturated rings. The molecular formula is C22H20N2O3S2. The van der Waals surface area contributed by atoms with E-state index in [1.165, 1.54) is 28.8 Å². The fraction of sp³-hybridized carbons (Fsp3) is 0.136. The van der Waals surface area contributed by atoms with Crippen molar-refractivity contribution < 1.29 is 14.7 Å². The van der Waals surface area contributed by atoms with E-state index in [-0.39, 0.29) is 30.5 Å². The predicted molar refractivity (Wildman–Crippen MR) is 121 cm³/mol. The van der Waals surface area contributed by atoms with Crippen LogP contribution in [-0.2, 0) is 9.59 Å². The van der Waals surface area contributed by atoms with Crippen LogP contribution in [0.3, 0.4) is 0 Å². The Labute approximate surface area is 179 Å². The van der Waals surface area contributed by atoms with E-state index < -0.39 is 0 Å². The molecule has 1 saturated heterocycles. The Morgan fingerprint density at radius 1 is 1.17 bits per heavy atom. The summed E-state index contributed by atoms with van der Waals surface area (Å²) in [6.45, 7) is 2.15. The monoisotopic (exact) mass is 424 g/mol. The van der Waals surface area contributed by atoms with Crippen LogP contribution in [-0.4, -0.2) is 32.7 Å². The van der Waals surface area contributed by atoms with Gasteiger partial charge in [-0.05, 0) is 48.4 Å². The summed E-state index contributed by atoms with van der Waals surface area (Å²) in [4.78, 5) is 26.8. The molecule has 0 unspecified atom stereocenters. The third-order valence-corrected chi connectivity index (χ3v) is 5.52. The number of anilines is 1. The van der Waals surface area contributed by atoms with Crippen LogP contribution in [0.4, 0.5) is 5.69 Å². The first-order chi connectivity index (χ1) is 13.9. The van der Waals surface area contributed by atoms with Gasteiger partial charge in [-0.2, -0.15) is 0 Å². The predicted octanol–water partition coefficient (Wildman–Crippen LogP) is 4.57. The van der Waals surface area contributed by atoms with E-state index in [0.29, 0.717) is 14.9 Å². The number of hydrogen-bond acceptors (Lipinski definition) is 5. The van der Waals surface area contributed by atoms with E-state index in [2.05, 4.69) is 5.32 Å². The molecule has 0 atom stereocenters. The molecule has 1 aliphatic heterocycles. The summed E-state index contributed by atoms with van der Waals surface area (Å²) in [5, 5.41) is 12.0. The van der Waals surface area contributed by atoms with Crippen LogP contribution in [0.1, 0.15) is 18.9 Å². The van der Waals surface area contributed by atoms with Crippen molar-refractivity contribution in [1.82, 2.24) is 4.90 Å². The minimum absolute atomic E-state index is 0.124. The molecular weight excluding hydrogens is 404 g/mol. The molecule has 2 amide bonds. The molecule has 0 radical (unpaired) electrons. The van der Waals surface area contributed by atoms with Crippen LogP contribution in [0.15, 0.2) is 71.2 Å². The molecule has 0 saturated carbocycles. The minimum Gasteiger partial charge on any atom is -0.508 e. The Hall–Kier alpha value is -2.90. The Kier molecular flexibility index (Phi) is 6.85. The molecule has 3 rings (SSSR count). The van der Waals surface area contributed by atoms with Gasteiger partial charge in [0.05, 0.1) is 4.91 Å². The van der Waals surface area contributed by atoms with Crippen molar-refractivity contribution in [3.8, 4) is 5.75 Å². The zero-order valence-corrected chi connectivity index (χ0v) is 17.4. The lowest BCUT2D eigenvalue weighted by atomic mass is 10.1. The number of carbonyl (C=O) groups is 2. The van der Waals surface area contributed by atoms with Gasteiger partial charge in [0.2, 0.25) is 5.91 Å². The standard InChI is InChI=1S/C22H20N2O3S2/c1-15(13-16-5-3-2-4-6-16)14-19-21(27)24(22(28)29-19)12-11-20(26)23-17-7-9-18(25)10-8-17/h2-10,13-14,25H,11-12H2,1H3,(H,23,26)/b15-13?,19-14-. The Balaban J connectivity index is 1.59. The second kappa shape index (κ2) is 9.54. The van der Waals surface area contributed by atoms with Crippen LogP contribution in [0.2, 0.25) is 0 Å². The maximum atomic E-state index is 12.7. The molecule has 0 aliphatic carbocycles. The highest BCUT2D eigenvalue weighted by atomic mass is 32.2. The number of amides is 2. The molecule has 148 valence electrons.